The normalized spacial score (nSPS) is 10.9. The third kappa shape index (κ3) is 1.74. The van der Waals surface area contributed by atoms with Gasteiger partial charge in [0.15, 0.2) is 11.5 Å². The maximum atomic E-state index is 13.1. The molecule has 4 nitrogen and oxygen atoms in total. The number of aromatic nitrogens is 4. The first-order valence-electron chi connectivity index (χ1n) is 4.88. The molecule has 0 bridgehead atoms. The number of nitrogens with zero attached hydrogens (tertiary/aromatic N) is 4. The second-order valence-corrected chi connectivity index (χ2v) is 3.85. The van der Waals surface area contributed by atoms with Crippen molar-refractivity contribution in [2.24, 2.45) is 0 Å². The lowest BCUT2D eigenvalue weighted by atomic mass is 10.2. The summed E-state index contributed by atoms with van der Waals surface area (Å²) < 4.78 is 14.6. The molecule has 2 aromatic heterocycles. The van der Waals surface area contributed by atoms with E-state index in [4.69, 9.17) is 11.6 Å². The molecule has 6 heteroatoms. The van der Waals surface area contributed by atoms with Gasteiger partial charge in [0.05, 0.1) is 0 Å². The molecular weight excluding hydrogens is 243 g/mol. The van der Waals surface area contributed by atoms with Crippen molar-refractivity contribution in [3.05, 3.63) is 47.4 Å². The van der Waals surface area contributed by atoms with E-state index in [2.05, 4.69) is 15.3 Å². The number of fused-ring (bicyclic) bond motifs is 1. The predicted molar refractivity (Wildman–Crippen MR) is 61.2 cm³/mol. The summed E-state index contributed by atoms with van der Waals surface area (Å²) in [5, 5.41) is 12.3. The molecule has 0 amide bonds. The minimum atomic E-state index is -0.332. The van der Waals surface area contributed by atoms with E-state index >= 15 is 0 Å². The van der Waals surface area contributed by atoms with Gasteiger partial charge in [-0.25, -0.2) is 4.39 Å². The van der Waals surface area contributed by atoms with Gasteiger partial charge in [0.2, 0.25) is 0 Å². The molecule has 3 aromatic rings. The maximum Gasteiger partial charge on any atom is 0.185 e. The van der Waals surface area contributed by atoms with Crippen molar-refractivity contribution in [1.82, 2.24) is 19.8 Å². The van der Waals surface area contributed by atoms with Crippen LogP contribution >= 0.6 is 11.6 Å². The Morgan fingerprint density at radius 2 is 2.00 bits per heavy atom. The summed E-state index contributed by atoms with van der Waals surface area (Å²) in [6.07, 6.45) is 0. The van der Waals surface area contributed by atoms with Gasteiger partial charge < -0.3 is 0 Å². The molecular formula is C11H6ClFN4. The minimum absolute atomic E-state index is 0.329. The molecule has 0 saturated heterocycles. The van der Waals surface area contributed by atoms with E-state index in [0.717, 1.165) is 0 Å². The molecule has 0 unspecified atom stereocenters. The smallest absolute Gasteiger partial charge is 0.185 e. The van der Waals surface area contributed by atoms with Crippen LogP contribution in [0, 0.1) is 5.82 Å². The molecule has 84 valence electrons. The zero-order chi connectivity index (χ0) is 11.8. The summed E-state index contributed by atoms with van der Waals surface area (Å²) in [4.78, 5) is 0. The first-order valence-corrected chi connectivity index (χ1v) is 5.26. The fourth-order valence-corrected chi connectivity index (χ4v) is 1.71. The Bertz CT molecular complexity index is 695. The number of benzene rings is 1. The van der Waals surface area contributed by atoms with Crippen LogP contribution in [-0.2, 0) is 0 Å². The van der Waals surface area contributed by atoms with E-state index in [0.29, 0.717) is 22.2 Å². The van der Waals surface area contributed by atoms with E-state index in [9.17, 15) is 4.39 Å². The summed E-state index contributed by atoms with van der Waals surface area (Å²) in [5.74, 6) is 0.128. The second-order valence-electron chi connectivity index (χ2n) is 3.46. The summed E-state index contributed by atoms with van der Waals surface area (Å²) in [6, 6.07) is 9.41. The number of rotatable bonds is 1. The highest BCUT2D eigenvalue weighted by atomic mass is 35.5. The Labute approximate surface area is 101 Å². The monoisotopic (exact) mass is 248 g/mol. The SMILES string of the molecule is Fc1cccc(-c2nnc3ccc(Cl)nn23)c1. The molecule has 0 atom stereocenters. The van der Waals surface area contributed by atoms with Crippen molar-refractivity contribution in [1.29, 1.82) is 0 Å². The van der Waals surface area contributed by atoms with Gasteiger partial charge in [-0.05, 0) is 24.3 Å². The van der Waals surface area contributed by atoms with E-state index in [1.54, 1.807) is 24.3 Å². The second kappa shape index (κ2) is 3.78. The number of halogens is 2. The van der Waals surface area contributed by atoms with Gasteiger partial charge in [-0.3, -0.25) is 0 Å². The topological polar surface area (TPSA) is 43.1 Å². The molecule has 1 aromatic carbocycles. The van der Waals surface area contributed by atoms with Gasteiger partial charge in [-0.15, -0.1) is 10.2 Å². The fourth-order valence-electron chi connectivity index (χ4n) is 1.57. The first-order chi connectivity index (χ1) is 8.24. The third-order valence-electron chi connectivity index (χ3n) is 2.31. The van der Waals surface area contributed by atoms with Crippen LogP contribution in [0.4, 0.5) is 4.39 Å². The van der Waals surface area contributed by atoms with Crippen molar-refractivity contribution in [2.45, 2.75) is 0 Å². The van der Waals surface area contributed by atoms with Gasteiger partial charge >= 0.3 is 0 Å². The molecule has 0 N–H and O–H groups in total. The Kier molecular flexibility index (Phi) is 2.26. The largest absolute Gasteiger partial charge is 0.207 e. The molecule has 0 aliphatic rings. The molecule has 0 radical (unpaired) electrons. The number of hydrogen-bond donors (Lipinski definition) is 0. The highest BCUT2D eigenvalue weighted by molar-refractivity contribution is 6.29. The van der Waals surface area contributed by atoms with Crippen LogP contribution in [0.5, 0.6) is 0 Å². The molecule has 0 aliphatic carbocycles. The Morgan fingerprint density at radius 1 is 1.12 bits per heavy atom. The minimum Gasteiger partial charge on any atom is -0.207 e. The maximum absolute atomic E-state index is 13.1. The van der Waals surface area contributed by atoms with Crippen molar-refractivity contribution in [3.63, 3.8) is 0 Å². The van der Waals surface area contributed by atoms with Crippen molar-refractivity contribution in [3.8, 4) is 11.4 Å². The van der Waals surface area contributed by atoms with Crippen LogP contribution < -0.4 is 0 Å². The molecule has 0 saturated carbocycles. The van der Waals surface area contributed by atoms with Crippen molar-refractivity contribution < 1.29 is 4.39 Å². The summed E-state index contributed by atoms with van der Waals surface area (Å²) >= 11 is 5.80. The summed E-state index contributed by atoms with van der Waals surface area (Å²) in [5.41, 5.74) is 1.17. The third-order valence-corrected chi connectivity index (χ3v) is 2.51. The van der Waals surface area contributed by atoms with Gasteiger partial charge in [-0.1, -0.05) is 23.7 Å². The van der Waals surface area contributed by atoms with Gasteiger partial charge in [-0.2, -0.15) is 9.61 Å². The standard InChI is InChI=1S/C11H6ClFN4/c12-9-4-5-10-14-15-11(17(10)16-9)7-2-1-3-8(13)6-7/h1-6H. The molecule has 0 fully saturated rings. The molecule has 0 spiro atoms. The predicted octanol–water partition coefficient (Wildman–Crippen LogP) is 2.58. The average Bonchev–Trinajstić information content (AvgIpc) is 2.71. The van der Waals surface area contributed by atoms with Crippen LogP contribution in [0.25, 0.3) is 17.0 Å². The van der Waals surface area contributed by atoms with E-state index < -0.39 is 0 Å². The van der Waals surface area contributed by atoms with E-state index in [-0.39, 0.29) is 5.82 Å². The lowest BCUT2D eigenvalue weighted by molar-refractivity contribution is 0.628. The fraction of sp³-hybridized carbons (Fsp3) is 0. The lowest BCUT2D eigenvalue weighted by Crippen LogP contribution is -1.95. The van der Waals surface area contributed by atoms with Gasteiger partial charge in [0.25, 0.3) is 0 Å². The van der Waals surface area contributed by atoms with Crippen LogP contribution in [0.3, 0.4) is 0 Å². The zero-order valence-corrected chi connectivity index (χ0v) is 9.26. The quantitative estimate of drug-likeness (QED) is 0.665. The Hall–Kier alpha value is -2.01. The van der Waals surface area contributed by atoms with Crippen LogP contribution in [0.2, 0.25) is 5.15 Å². The van der Waals surface area contributed by atoms with Crippen LogP contribution in [0.15, 0.2) is 36.4 Å². The molecule has 0 aliphatic heterocycles. The first kappa shape index (κ1) is 10.2. The highest BCUT2D eigenvalue weighted by Crippen LogP contribution is 2.19. The average molecular weight is 249 g/mol. The van der Waals surface area contributed by atoms with Crippen LogP contribution in [0.1, 0.15) is 0 Å². The van der Waals surface area contributed by atoms with E-state index in [1.807, 2.05) is 0 Å². The van der Waals surface area contributed by atoms with E-state index in [1.165, 1.54) is 16.6 Å². The Balaban J connectivity index is 2.27. The van der Waals surface area contributed by atoms with Gasteiger partial charge in [0, 0.05) is 5.56 Å². The summed E-state index contributed by atoms with van der Waals surface area (Å²) in [7, 11) is 0. The van der Waals surface area contributed by atoms with Crippen molar-refractivity contribution >= 4 is 17.2 Å². The lowest BCUT2D eigenvalue weighted by Gasteiger charge is -1.99. The summed E-state index contributed by atoms with van der Waals surface area (Å²) in [6.45, 7) is 0. The number of hydrogen-bond acceptors (Lipinski definition) is 3. The molecule has 2 heterocycles. The molecule has 3 rings (SSSR count). The van der Waals surface area contributed by atoms with Crippen LogP contribution in [-0.4, -0.2) is 19.8 Å². The van der Waals surface area contributed by atoms with Gasteiger partial charge in [0.1, 0.15) is 11.0 Å². The highest BCUT2D eigenvalue weighted by Gasteiger charge is 2.09. The Morgan fingerprint density at radius 3 is 2.82 bits per heavy atom. The molecule has 17 heavy (non-hydrogen) atoms. The zero-order valence-electron chi connectivity index (χ0n) is 8.51. The van der Waals surface area contributed by atoms with Crippen molar-refractivity contribution in [2.75, 3.05) is 0 Å².